The van der Waals surface area contributed by atoms with Crippen LogP contribution in [0.3, 0.4) is 0 Å². The molecule has 0 radical (unpaired) electrons. The number of allylic oxidation sites excluding steroid dienone is 1. The lowest BCUT2D eigenvalue weighted by molar-refractivity contribution is 0.405. The van der Waals surface area contributed by atoms with Gasteiger partial charge in [0.1, 0.15) is 33.9 Å². The summed E-state index contributed by atoms with van der Waals surface area (Å²) in [5.74, 6) is 1.80. The SMILES string of the molecule is COc1ccc(-c2csc(C(C#N)=CNc3cc(OC)c(Cl)cc3OC)n2)cc1. The number of nitrogens with one attached hydrogen (secondary N) is 1. The zero-order chi connectivity index (χ0) is 20.8. The van der Waals surface area contributed by atoms with E-state index < -0.39 is 0 Å². The van der Waals surface area contributed by atoms with Gasteiger partial charge in [-0.25, -0.2) is 4.98 Å². The number of methoxy groups -OCH3 is 3. The van der Waals surface area contributed by atoms with Gasteiger partial charge >= 0.3 is 0 Å². The van der Waals surface area contributed by atoms with E-state index in [2.05, 4.69) is 16.4 Å². The Morgan fingerprint density at radius 1 is 1.10 bits per heavy atom. The van der Waals surface area contributed by atoms with Gasteiger partial charge in [-0.05, 0) is 24.3 Å². The van der Waals surface area contributed by atoms with Gasteiger partial charge in [-0.15, -0.1) is 11.3 Å². The first kappa shape index (κ1) is 20.5. The van der Waals surface area contributed by atoms with Crippen LogP contribution in [0.15, 0.2) is 48.0 Å². The number of anilines is 1. The summed E-state index contributed by atoms with van der Waals surface area (Å²) in [6, 6.07) is 13.1. The number of nitrogens with zero attached hydrogens (tertiary/aromatic N) is 2. The molecule has 0 unspecified atom stereocenters. The Balaban J connectivity index is 1.86. The van der Waals surface area contributed by atoms with Crippen LogP contribution in [0.1, 0.15) is 5.01 Å². The molecule has 1 N–H and O–H groups in total. The number of hydrogen-bond donors (Lipinski definition) is 1. The molecule has 0 aliphatic carbocycles. The maximum atomic E-state index is 9.59. The largest absolute Gasteiger partial charge is 0.497 e. The highest BCUT2D eigenvalue weighted by Crippen LogP contribution is 2.36. The molecular formula is C21H18ClN3O3S. The third kappa shape index (κ3) is 4.62. The Labute approximate surface area is 177 Å². The maximum Gasteiger partial charge on any atom is 0.144 e. The van der Waals surface area contributed by atoms with Crippen LogP contribution in [0.25, 0.3) is 16.8 Å². The van der Waals surface area contributed by atoms with Crippen molar-refractivity contribution < 1.29 is 14.2 Å². The summed E-state index contributed by atoms with van der Waals surface area (Å²) in [5, 5.41) is 15.6. The van der Waals surface area contributed by atoms with Gasteiger partial charge in [0.2, 0.25) is 0 Å². The van der Waals surface area contributed by atoms with E-state index in [9.17, 15) is 5.26 Å². The Morgan fingerprint density at radius 2 is 1.83 bits per heavy atom. The van der Waals surface area contributed by atoms with Gasteiger partial charge < -0.3 is 19.5 Å². The summed E-state index contributed by atoms with van der Waals surface area (Å²) in [5.41, 5.74) is 2.75. The fourth-order valence-electron chi connectivity index (χ4n) is 2.56. The molecule has 0 atom stereocenters. The second-order valence-electron chi connectivity index (χ2n) is 5.77. The number of benzene rings is 2. The minimum atomic E-state index is 0.394. The van der Waals surface area contributed by atoms with Crippen LogP contribution in [-0.4, -0.2) is 26.3 Å². The number of hydrogen-bond acceptors (Lipinski definition) is 7. The zero-order valence-electron chi connectivity index (χ0n) is 16.0. The van der Waals surface area contributed by atoms with E-state index in [4.69, 9.17) is 25.8 Å². The van der Waals surface area contributed by atoms with Gasteiger partial charge in [0.15, 0.2) is 0 Å². The highest BCUT2D eigenvalue weighted by Gasteiger charge is 2.12. The van der Waals surface area contributed by atoms with Crippen molar-refractivity contribution in [3.8, 4) is 34.6 Å². The topological polar surface area (TPSA) is 76.4 Å². The summed E-state index contributed by atoms with van der Waals surface area (Å²) in [6.45, 7) is 0. The van der Waals surface area contributed by atoms with E-state index in [0.29, 0.717) is 32.8 Å². The van der Waals surface area contributed by atoms with Crippen molar-refractivity contribution in [1.29, 1.82) is 5.26 Å². The molecule has 0 saturated heterocycles. The third-order valence-electron chi connectivity index (χ3n) is 4.09. The van der Waals surface area contributed by atoms with Crippen molar-refractivity contribution in [2.45, 2.75) is 0 Å². The lowest BCUT2D eigenvalue weighted by atomic mass is 10.2. The molecule has 6 nitrogen and oxygen atoms in total. The number of thiazole rings is 1. The molecule has 0 bridgehead atoms. The number of halogens is 1. The van der Waals surface area contributed by atoms with E-state index in [1.165, 1.54) is 18.4 Å². The second-order valence-corrected chi connectivity index (χ2v) is 7.03. The van der Waals surface area contributed by atoms with Crippen molar-refractivity contribution >= 4 is 34.2 Å². The van der Waals surface area contributed by atoms with E-state index in [1.807, 2.05) is 29.6 Å². The van der Waals surface area contributed by atoms with Crippen LogP contribution in [0, 0.1) is 11.3 Å². The lowest BCUT2D eigenvalue weighted by Crippen LogP contribution is -1.96. The third-order valence-corrected chi connectivity index (χ3v) is 5.26. The Hall–Kier alpha value is -3.21. The highest BCUT2D eigenvalue weighted by atomic mass is 35.5. The monoisotopic (exact) mass is 427 g/mol. The summed E-state index contributed by atoms with van der Waals surface area (Å²) in [4.78, 5) is 4.58. The molecule has 0 aliphatic rings. The summed E-state index contributed by atoms with van der Waals surface area (Å²) in [7, 11) is 4.70. The van der Waals surface area contributed by atoms with Gasteiger partial charge in [0, 0.05) is 29.3 Å². The minimum absolute atomic E-state index is 0.394. The molecule has 1 heterocycles. The van der Waals surface area contributed by atoms with E-state index in [1.54, 1.807) is 32.6 Å². The molecular weight excluding hydrogens is 410 g/mol. The van der Waals surface area contributed by atoms with Gasteiger partial charge in [-0.2, -0.15) is 5.26 Å². The average molecular weight is 428 g/mol. The first-order valence-electron chi connectivity index (χ1n) is 8.48. The predicted octanol–water partition coefficient (Wildman–Crippen LogP) is 5.47. The fraction of sp³-hybridized carbons (Fsp3) is 0.143. The summed E-state index contributed by atoms with van der Waals surface area (Å²) >= 11 is 7.52. The number of rotatable bonds is 7. The van der Waals surface area contributed by atoms with Gasteiger partial charge in [-0.1, -0.05) is 11.6 Å². The fourth-order valence-corrected chi connectivity index (χ4v) is 3.58. The molecule has 3 aromatic rings. The Morgan fingerprint density at radius 3 is 2.45 bits per heavy atom. The average Bonchev–Trinajstić information content (AvgIpc) is 3.24. The van der Waals surface area contributed by atoms with Crippen molar-refractivity contribution in [3.05, 3.63) is 58.0 Å². The molecule has 0 aliphatic heterocycles. The molecule has 1 aromatic heterocycles. The van der Waals surface area contributed by atoms with Crippen LogP contribution in [-0.2, 0) is 0 Å². The van der Waals surface area contributed by atoms with Gasteiger partial charge in [0.25, 0.3) is 0 Å². The van der Waals surface area contributed by atoms with E-state index in [-0.39, 0.29) is 0 Å². The van der Waals surface area contributed by atoms with Crippen LogP contribution in [0.2, 0.25) is 5.02 Å². The number of aromatic nitrogens is 1. The quantitative estimate of drug-likeness (QED) is 0.504. The van der Waals surface area contributed by atoms with E-state index >= 15 is 0 Å². The van der Waals surface area contributed by atoms with Crippen molar-refractivity contribution in [2.24, 2.45) is 0 Å². The molecule has 0 saturated carbocycles. The first-order valence-corrected chi connectivity index (χ1v) is 9.74. The molecule has 2 aromatic carbocycles. The minimum Gasteiger partial charge on any atom is -0.497 e. The van der Waals surface area contributed by atoms with Crippen molar-refractivity contribution in [3.63, 3.8) is 0 Å². The smallest absolute Gasteiger partial charge is 0.144 e. The molecule has 0 fully saturated rings. The molecule has 3 rings (SSSR count). The molecule has 0 spiro atoms. The highest BCUT2D eigenvalue weighted by molar-refractivity contribution is 7.11. The van der Waals surface area contributed by atoms with Gasteiger partial charge in [0.05, 0.1) is 37.7 Å². The van der Waals surface area contributed by atoms with Crippen LogP contribution in [0.5, 0.6) is 17.2 Å². The number of nitriles is 1. The number of ether oxygens (including phenoxy) is 3. The normalized spacial score (nSPS) is 10.9. The van der Waals surface area contributed by atoms with Gasteiger partial charge in [-0.3, -0.25) is 0 Å². The molecule has 0 amide bonds. The second kappa shape index (κ2) is 9.32. The van der Waals surface area contributed by atoms with Crippen LogP contribution < -0.4 is 19.5 Å². The first-order chi connectivity index (χ1) is 14.1. The molecule has 148 valence electrons. The zero-order valence-corrected chi connectivity index (χ0v) is 17.6. The Bertz CT molecular complexity index is 1070. The Kier molecular flexibility index (Phi) is 6.60. The van der Waals surface area contributed by atoms with Crippen LogP contribution >= 0.6 is 22.9 Å². The van der Waals surface area contributed by atoms with Crippen LogP contribution in [0.4, 0.5) is 5.69 Å². The lowest BCUT2D eigenvalue weighted by Gasteiger charge is -2.12. The van der Waals surface area contributed by atoms with E-state index in [0.717, 1.165) is 17.0 Å². The standard InChI is InChI=1S/C21H18ClN3O3S/c1-26-15-6-4-13(5-7-15)18-12-29-21(25-18)14(10-23)11-24-17-9-19(27-2)16(22)8-20(17)28-3/h4-9,11-12,24H,1-3H3. The summed E-state index contributed by atoms with van der Waals surface area (Å²) in [6.07, 6.45) is 1.59. The summed E-state index contributed by atoms with van der Waals surface area (Å²) < 4.78 is 15.8. The van der Waals surface area contributed by atoms with Crippen molar-refractivity contribution in [1.82, 2.24) is 4.98 Å². The van der Waals surface area contributed by atoms with Crippen molar-refractivity contribution in [2.75, 3.05) is 26.6 Å². The molecule has 29 heavy (non-hydrogen) atoms. The predicted molar refractivity (Wildman–Crippen MR) is 116 cm³/mol. The maximum absolute atomic E-state index is 9.59. The molecule has 8 heteroatoms.